The number of amides is 1. The Morgan fingerprint density at radius 3 is 2.50 bits per heavy atom. The number of nitrogens with one attached hydrogen (secondary N) is 1. The van der Waals surface area contributed by atoms with Crippen LogP contribution in [0.3, 0.4) is 0 Å². The molecule has 130 valence electrons. The molecule has 2 atom stereocenters. The Hall–Kier alpha value is -0.770. The average molecular weight is 312 g/mol. The number of carbonyl (C=O) groups is 1. The molecule has 2 unspecified atom stereocenters. The first-order valence-corrected chi connectivity index (χ1v) is 8.77. The first-order chi connectivity index (χ1) is 10.0. The summed E-state index contributed by atoms with van der Waals surface area (Å²) in [5.41, 5.74) is -0.0893. The van der Waals surface area contributed by atoms with Crippen molar-refractivity contribution in [2.45, 2.75) is 91.8 Å². The molecule has 0 spiro atoms. The Morgan fingerprint density at radius 2 is 1.95 bits per heavy atom. The van der Waals surface area contributed by atoms with Crippen LogP contribution in [-0.2, 0) is 4.74 Å². The Kier molecular flexibility index (Phi) is 6.72. The zero-order chi connectivity index (χ0) is 17.0. The molecule has 1 aliphatic rings. The molecule has 0 aliphatic carbocycles. The summed E-state index contributed by atoms with van der Waals surface area (Å²) in [6.07, 6.45) is 4.18. The topological polar surface area (TPSA) is 41.6 Å². The fraction of sp³-hybridized carbons (Fsp3) is 0.944. The summed E-state index contributed by atoms with van der Waals surface area (Å²) in [6, 6.07) is 0.723. The van der Waals surface area contributed by atoms with Crippen LogP contribution in [0.2, 0.25) is 0 Å². The van der Waals surface area contributed by atoms with E-state index >= 15 is 0 Å². The van der Waals surface area contributed by atoms with Gasteiger partial charge in [0.25, 0.3) is 0 Å². The molecule has 1 amide bonds. The van der Waals surface area contributed by atoms with Gasteiger partial charge in [0.15, 0.2) is 0 Å². The standard InChI is InChI=1S/C18H36N2O2/c1-8-18(6,7)13-19-14(2)12-15-10-9-11-20(15)16(21)22-17(3,4)5/h14-15,19H,8-13H2,1-7H3. The van der Waals surface area contributed by atoms with Gasteiger partial charge in [0.2, 0.25) is 0 Å². The maximum Gasteiger partial charge on any atom is 0.410 e. The van der Waals surface area contributed by atoms with Crippen LogP contribution in [-0.4, -0.2) is 41.8 Å². The highest BCUT2D eigenvalue weighted by atomic mass is 16.6. The molecule has 1 rings (SSSR count). The van der Waals surface area contributed by atoms with Gasteiger partial charge in [-0.2, -0.15) is 0 Å². The van der Waals surface area contributed by atoms with Crippen LogP contribution < -0.4 is 5.32 Å². The number of likely N-dealkylation sites (tertiary alicyclic amines) is 1. The number of hydrogen-bond donors (Lipinski definition) is 1. The van der Waals surface area contributed by atoms with Gasteiger partial charge in [-0.15, -0.1) is 0 Å². The third kappa shape index (κ3) is 6.55. The molecule has 0 bridgehead atoms. The molecule has 0 aromatic heterocycles. The van der Waals surface area contributed by atoms with Crippen LogP contribution in [0.15, 0.2) is 0 Å². The molecule has 0 aromatic carbocycles. The molecule has 0 saturated carbocycles. The van der Waals surface area contributed by atoms with Crippen molar-refractivity contribution < 1.29 is 9.53 Å². The molecule has 0 aromatic rings. The van der Waals surface area contributed by atoms with Crippen LogP contribution in [0.4, 0.5) is 4.79 Å². The van der Waals surface area contributed by atoms with Gasteiger partial charge in [0.05, 0.1) is 0 Å². The van der Waals surface area contributed by atoms with Crippen molar-refractivity contribution in [2.75, 3.05) is 13.1 Å². The van der Waals surface area contributed by atoms with E-state index in [-0.39, 0.29) is 6.09 Å². The lowest BCUT2D eigenvalue weighted by atomic mass is 9.90. The molecule has 4 nitrogen and oxygen atoms in total. The maximum absolute atomic E-state index is 12.3. The second-order valence-corrected chi connectivity index (χ2v) is 8.51. The largest absolute Gasteiger partial charge is 0.444 e. The van der Waals surface area contributed by atoms with Gasteiger partial charge in [-0.25, -0.2) is 4.79 Å². The van der Waals surface area contributed by atoms with Crippen molar-refractivity contribution in [1.82, 2.24) is 10.2 Å². The highest BCUT2D eigenvalue weighted by molar-refractivity contribution is 5.68. The van der Waals surface area contributed by atoms with Gasteiger partial charge in [-0.05, 0) is 58.8 Å². The summed E-state index contributed by atoms with van der Waals surface area (Å²) in [4.78, 5) is 14.2. The van der Waals surface area contributed by atoms with Crippen molar-refractivity contribution in [3.63, 3.8) is 0 Å². The molecule has 1 saturated heterocycles. The molecule has 1 heterocycles. The van der Waals surface area contributed by atoms with Crippen molar-refractivity contribution in [3.05, 3.63) is 0 Å². The summed E-state index contributed by atoms with van der Waals surface area (Å²) in [5, 5.41) is 3.63. The number of carbonyl (C=O) groups excluding carboxylic acids is 1. The summed E-state index contributed by atoms with van der Waals surface area (Å²) in [5.74, 6) is 0. The molecule has 0 radical (unpaired) electrons. The van der Waals surface area contributed by atoms with E-state index in [0.29, 0.717) is 17.5 Å². The van der Waals surface area contributed by atoms with E-state index in [2.05, 4.69) is 33.0 Å². The molecule has 1 aliphatic heterocycles. The lowest BCUT2D eigenvalue weighted by molar-refractivity contribution is 0.0214. The highest BCUT2D eigenvalue weighted by Crippen LogP contribution is 2.24. The van der Waals surface area contributed by atoms with Crippen molar-refractivity contribution in [1.29, 1.82) is 0 Å². The first kappa shape index (κ1) is 19.3. The predicted molar refractivity (Wildman–Crippen MR) is 92.1 cm³/mol. The van der Waals surface area contributed by atoms with E-state index in [9.17, 15) is 4.79 Å². The van der Waals surface area contributed by atoms with Gasteiger partial charge in [-0.1, -0.05) is 20.8 Å². The Morgan fingerprint density at radius 1 is 1.32 bits per heavy atom. The predicted octanol–water partition coefficient (Wildman–Crippen LogP) is 4.19. The lowest BCUT2D eigenvalue weighted by Gasteiger charge is -2.31. The SMILES string of the molecule is CCC(C)(C)CNC(C)CC1CCCN1C(=O)OC(C)(C)C. The first-order valence-electron chi connectivity index (χ1n) is 8.77. The Balaban J connectivity index is 2.48. The van der Waals surface area contributed by atoms with Gasteiger partial charge < -0.3 is 15.0 Å². The third-order valence-electron chi connectivity index (χ3n) is 4.52. The number of nitrogens with zero attached hydrogens (tertiary/aromatic N) is 1. The fourth-order valence-electron chi connectivity index (χ4n) is 2.71. The normalized spacial score (nSPS) is 21.0. The van der Waals surface area contributed by atoms with Crippen molar-refractivity contribution in [2.24, 2.45) is 5.41 Å². The Labute approximate surface area is 137 Å². The van der Waals surface area contributed by atoms with Crippen LogP contribution in [0.1, 0.15) is 74.1 Å². The minimum Gasteiger partial charge on any atom is -0.444 e. The molecular formula is C18H36N2O2. The van der Waals surface area contributed by atoms with E-state index in [1.54, 1.807) is 0 Å². The van der Waals surface area contributed by atoms with Gasteiger partial charge >= 0.3 is 6.09 Å². The van der Waals surface area contributed by atoms with E-state index < -0.39 is 5.60 Å². The second-order valence-electron chi connectivity index (χ2n) is 8.51. The summed E-state index contributed by atoms with van der Waals surface area (Å²) in [6.45, 7) is 16.6. The van der Waals surface area contributed by atoms with Crippen LogP contribution in [0.5, 0.6) is 0 Å². The second kappa shape index (κ2) is 7.67. The van der Waals surface area contributed by atoms with Crippen LogP contribution >= 0.6 is 0 Å². The van der Waals surface area contributed by atoms with Crippen LogP contribution in [0.25, 0.3) is 0 Å². The van der Waals surface area contributed by atoms with Gasteiger partial charge in [0.1, 0.15) is 5.60 Å². The number of ether oxygens (including phenoxy) is 1. The number of rotatable bonds is 6. The van der Waals surface area contributed by atoms with Gasteiger partial charge in [0, 0.05) is 25.2 Å². The minimum atomic E-state index is -0.417. The fourth-order valence-corrected chi connectivity index (χ4v) is 2.71. The van der Waals surface area contributed by atoms with E-state index in [0.717, 1.165) is 32.4 Å². The summed E-state index contributed by atoms with van der Waals surface area (Å²) >= 11 is 0. The smallest absolute Gasteiger partial charge is 0.410 e. The zero-order valence-corrected chi connectivity index (χ0v) is 15.7. The molecular weight excluding hydrogens is 276 g/mol. The highest BCUT2D eigenvalue weighted by Gasteiger charge is 2.33. The third-order valence-corrected chi connectivity index (χ3v) is 4.52. The summed E-state index contributed by atoms with van der Waals surface area (Å²) < 4.78 is 5.53. The van der Waals surface area contributed by atoms with Crippen LogP contribution in [0, 0.1) is 5.41 Å². The molecule has 1 N–H and O–H groups in total. The van der Waals surface area contributed by atoms with E-state index in [1.165, 1.54) is 6.42 Å². The molecule has 22 heavy (non-hydrogen) atoms. The number of hydrogen-bond acceptors (Lipinski definition) is 3. The quantitative estimate of drug-likeness (QED) is 0.799. The monoisotopic (exact) mass is 312 g/mol. The van der Waals surface area contributed by atoms with E-state index in [4.69, 9.17) is 4.74 Å². The average Bonchev–Trinajstić information content (AvgIpc) is 2.83. The zero-order valence-electron chi connectivity index (χ0n) is 15.7. The summed E-state index contributed by atoms with van der Waals surface area (Å²) in [7, 11) is 0. The van der Waals surface area contributed by atoms with E-state index in [1.807, 2.05) is 25.7 Å². The lowest BCUT2D eigenvalue weighted by Crippen LogP contribution is -2.43. The van der Waals surface area contributed by atoms with Crippen molar-refractivity contribution in [3.8, 4) is 0 Å². The Bertz CT molecular complexity index is 361. The van der Waals surface area contributed by atoms with Crippen molar-refractivity contribution >= 4 is 6.09 Å². The maximum atomic E-state index is 12.3. The molecule has 4 heteroatoms. The van der Waals surface area contributed by atoms with Gasteiger partial charge in [-0.3, -0.25) is 0 Å². The molecule has 1 fully saturated rings. The minimum absolute atomic E-state index is 0.156.